The van der Waals surface area contributed by atoms with Crippen molar-refractivity contribution in [2.24, 2.45) is 0 Å². The van der Waals surface area contributed by atoms with E-state index in [1.165, 1.54) is 17.5 Å². The molecule has 0 aromatic heterocycles. The third-order valence-electron chi connectivity index (χ3n) is 3.14. The SMILES string of the molecule is CC.CC.CCCc1ccc(Nc2ccc(CC)cc2)cc1. The Morgan fingerprint density at radius 2 is 1.05 bits per heavy atom. The van der Waals surface area contributed by atoms with Crippen molar-refractivity contribution in [1.29, 1.82) is 0 Å². The van der Waals surface area contributed by atoms with Crippen molar-refractivity contribution in [3.63, 3.8) is 0 Å². The number of rotatable bonds is 5. The Morgan fingerprint density at radius 1 is 0.636 bits per heavy atom. The second kappa shape index (κ2) is 12.9. The molecule has 0 aliphatic carbocycles. The monoisotopic (exact) mass is 299 g/mol. The molecule has 0 fully saturated rings. The molecule has 0 aliphatic rings. The molecule has 1 nitrogen and oxygen atoms in total. The van der Waals surface area contributed by atoms with E-state index < -0.39 is 0 Å². The van der Waals surface area contributed by atoms with Crippen LogP contribution in [0.3, 0.4) is 0 Å². The lowest BCUT2D eigenvalue weighted by atomic mass is 10.1. The number of hydrogen-bond donors (Lipinski definition) is 1. The van der Waals surface area contributed by atoms with Crippen LogP contribution in [0.1, 0.15) is 59.1 Å². The second-order valence-electron chi connectivity index (χ2n) is 4.62. The second-order valence-corrected chi connectivity index (χ2v) is 4.62. The van der Waals surface area contributed by atoms with Crippen LogP contribution in [0.2, 0.25) is 0 Å². The van der Waals surface area contributed by atoms with E-state index in [-0.39, 0.29) is 0 Å². The van der Waals surface area contributed by atoms with E-state index in [1.54, 1.807) is 0 Å². The lowest BCUT2D eigenvalue weighted by molar-refractivity contribution is 0.922. The molecule has 0 radical (unpaired) electrons. The molecule has 1 heteroatoms. The molecule has 22 heavy (non-hydrogen) atoms. The molecule has 0 bridgehead atoms. The van der Waals surface area contributed by atoms with Crippen molar-refractivity contribution in [1.82, 2.24) is 0 Å². The Hall–Kier alpha value is -1.76. The van der Waals surface area contributed by atoms with Crippen LogP contribution in [0.25, 0.3) is 0 Å². The average Bonchev–Trinajstić information content (AvgIpc) is 2.61. The number of anilines is 2. The lowest BCUT2D eigenvalue weighted by Crippen LogP contribution is -1.91. The van der Waals surface area contributed by atoms with Crippen LogP contribution < -0.4 is 5.32 Å². The molecular weight excluding hydrogens is 266 g/mol. The highest BCUT2D eigenvalue weighted by Crippen LogP contribution is 2.18. The molecule has 0 aliphatic heterocycles. The van der Waals surface area contributed by atoms with Crippen LogP contribution in [-0.4, -0.2) is 0 Å². The fraction of sp³-hybridized carbons (Fsp3) is 0.429. The molecule has 0 amide bonds. The summed E-state index contributed by atoms with van der Waals surface area (Å²) in [7, 11) is 0. The fourth-order valence-electron chi connectivity index (χ4n) is 2.03. The van der Waals surface area contributed by atoms with Gasteiger partial charge in [0.25, 0.3) is 0 Å². The summed E-state index contributed by atoms with van der Waals surface area (Å²) in [4.78, 5) is 0. The van der Waals surface area contributed by atoms with Crippen molar-refractivity contribution in [2.45, 2.75) is 60.8 Å². The molecule has 2 aromatic rings. The highest BCUT2D eigenvalue weighted by atomic mass is 14.9. The minimum Gasteiger partial charge on any atom is -0.356 e. The smallest absolute Gasteiger partial charge is 0.0384 e. The van der Waals surface area contributed by atoms with Crippen LogP contribution in [0.15, 0.2) is 48.5 Å². The molecule has 2 rings (SSSR count). The van der Waals surface area contributed by atoms with Crippen molar-refractivity contribution in [2.75, 3.05) is 5.32 Å². The predicted octanol–water partition coefficient (Wildman–Crippen LogP) is 7.00. The topological polar surface area (TPSA) is 12.0 Å². The van der Waals surface area contributed by atoms with Gasteiger partial charge in [0.15, 0.2) is 0 Å². The molecular formula is C21H33N. The maximum atomic E-state index is 3.42. The molecule has 0 unspecified atom stereocenters. The summed E-state index contributed by atoms with van der Waals surface area (Å²) >= 11 is 0. The Kier molecular flexibility index (Phi) is 11.9. The first kappa shape index (κ1) is 20.2. The molecule has 0 atom stereocenters. The summed E-state index contributed by atoms with van der Waals surface area (Å²) in [5.74, 6) is 0. The quantitative estimate of drug-likeness (QED) is 0.627. The van der Waals surface area contributed by atoms with E-state index in [1.807, 2.05) is 27.7 Å². The maximum absolute atomic E-state index is 3.42. The number of hydrogen-bond acceptors (Lipinski definition) is 1. The Bertz CT molecular complexity index is 468. The zero-order valence-electron chi connectivity index (χ0n) is 15.2. The van der Waals surface area contributed by atoms with Crippen LogP contribution in [-0.2, 0) is 12.8 Å². The van der Waals surface area contributed by atoms with Crippen LogP contribution in [0, 0.1) is 0 Å². The first-order chi connectivity index (χ1) is 10.8. The Balaban J connectivity index is 0.00000102. The van der Waals surface area contributed by atoms with Gasteiger partial charge in [0, 0.05) is 11.4 Å². The van der Waals surface area contributed by atoms with Gasteiger partial charge >= 0.3 is 0 Å². The van der Waals surface area contributed by atoms with Gasteiger partial charge in [-0.25, -0.2) is 0 Å². The largest absolute Gasteiger partial charge is 0.356 e. The minimum absolute atomic E-state index is 1.09. The molecule has 0 saturated heterocycles. The van der Waals surface area contributed by atoms with E-state index in [9.17, 15) is 0 Å². The molecule has 122 valence electrons. The minimum atomic E-state index is 1.09. The molecule has 0 heterocycles. The summed E-state index contributed by atoms with van der Waals surface area (Å²) in [6.07, 6.45) is 3.45. The van der Waals surface area contributed by atoms with Crippen LogP contribution >= 0.6 is 0 Å². The number of nitrogens with one attached hydrogen (secondary N) is 1. The molecule has 1 N–H and O–H groups in total. The van der Waals surface area contributed by atoms with E-state index in [0.29, 0.717) is 0 Å². The van der Waals surface area contributed by atoms with E-state index in [4.69, 9.17) is 0 Å². The zero-order valence-corrected chi connectivity index (χ0v) is 15.2. The normalized spacial score (nSPS) is 9.00. The maximum Gasteiger partial charge on any atom is 0.0384 e. The van der Waals surface area contributed by atoms with Gasteiger partial charge in [0.05, 0.1) is 0 Å². The average molecular weight is 300 g/mol. The van der Waals surface area contributed by atoms with Crippen molar-refractivity contribution in [3.05, 3.63) is 59.7 Å². The van der Waals surface area contributed by atoms with Gasteiger partial charge in [-0.3, -0.25) is 0 Å². The first-order valence-corrected chi connectivity index (χ1v) is 8.76. The van der Waals surface area contributed by atoms with E-state index in [0.717, 1.165) is 24.2 Å². The van der Waals surface area contributed by atoms with Gasteiger partial charge in [0.2, 0.25) is 0 Å². The Morgan fingerprint density at radius 3 is 1.41 bits per heavy atom. The van der Waals surface area contributed by atoms with Crippen LogP contribution in [0.4, 0.5) is 11.4 Å². The summed E-state index contributed by atoms with van der Waals surface area (Å²) < 4.78 is 0. The molecule has 0 saturated carbocycles. The van der Waals surface area contributed by atoms with Gasteiger partial charge in [0.1, 0.15) is 0 Å². The predicted molar refractivity (Wildman–Crippen MR) is 102 cm³/mol. The van der Waals surface area contributed by atoms with Gasteiger partial charge < -0.3 is 5.32 Å². The third-order valence-corrected chi connectivity index (χ3v) is 3.14. The van der Waals surface area contributed by atoms with Gasteiger partial charge in [-0.1, -0.05) is 72.2 Å². The van der Waals surface area contributed by atoms with Gasteiger partial charge in [-0.15, -0.1) is 0 Å². The summed E-state index contributed by atoms with van der Waals surface area (Å²) in [5.41, 5.74) is 5.08. The van der Waals surface area contributed by atoms with Crippen molar-refractivity contribution < 1.29 is 0 Å². The van der Waals surface area contributed by atoms with E-state index in [2.05, 4.69) is 67.7 Å². The number of benzene rings is 2. The standard InChI is InChI=1S/C17H21N.2C2H6/c1-3-5-15-8-12-17(13-9-15)18-16-10-6-14(4-2)7-11-16;2*1-2/h6-13,18H,3-5H2,1-2H3;2*1-2H3. The summed E-state index contributed by atoms with van der Waals surface area (Å²) in [6, 6.07) is 17.3. The summed E-state index contributed by atoms with van der Waals surface area (Å²) in [6.45, 7) is 12.4. The molecule has 2 aromatic carbocycles. The van der Waals surface area contributed by atoms with E-state index >= 15 is 0 Å². The third kappa shape index (κ3) is 7.31. The van der Waals surface area contributed by atoms with Gasteiger partial charge in [-0.05, 0) is 48.2 Å². The molecule has 0 spiro atoms. The highest BCUT2D eigenvalue weighted by molar-refractivity contribution is 5.60. The number of aryl methyl sites for hydroxylation is 2. The Labute approximate surface area is 137 Å². The zero-order chi connectivity index (χ0) is 16.8. The lowest BCUT2D eigenvalue weighted by Gasteiger charge is -2.08. The van der Waals surface area contributed by atoms with Crippen molar-refractivity contribution in [3.8, 4) is 0 Å². The summed E-state index contributed by atoms with van der Waals surface area (Å²) in [5, 5.41) is 3.42. The highest BCUT2D eigenvalue weighted by Gasteiger charge is 1.96. The fourth-order valence-corrected chi connectivity index (χ4v) is 2.03. The van der Waals surface area contributed by atoms with Crippen LogP contribution in [0.5, 0.6) is 0 Å². The van der Waals surface area contributed by atoms with Crippen molar-refractivity contribution >= 4 is 11.4 Å². The first-order valence-electron chi connectivity index (χ1n) is 8.76. The van der Waals surface area contributed by atoms with Gasteiger partial charge in [-0.2, -0.15) is 0 Å².